The minimum Gasteiger partial charge on any atom is -0.496 e. The van der Waals surface area contributed by atoms with Crippen molar-refractivity contribution in [1.29, 1.82) is 0 Å². The summed E-state index contributed by atoms with van der Waals surface area (Å²) in [5, 5.41) is 1.81. The Hall–Kier alpha value is -4.67. The number of hydrogen-bond acceptors (Lipinski definition) is 8. The van der Waals surface area contributed by atoms with Crippen LogP contribution in [0.15, 0.2) is 104 Å². The molecule has 10 heteroatoms. The van der Waals surface area contributed by atoms with Gasteiger partial charge in [0.05, 0.1) is 36.6 Å². The Morgan fingerprint density at radius 1 is 0.978 bits per heavy atom. The molecule has 0 aliphatic carbocycles. The van der Waals surface area contributed by atoms with Gasteiger partial charge in [0.1, 0.15) is 18.4 Å². The summed E-state index contributed by atoms with van der Waals surface area (Å²) < 4.78 is 25.8. The van der Waals surface area contributed by atoms with Crippen molar-refractivity contribution in [3.05, 3.63) is 131 Å². The van der Waals surface area contributed by atoms with E-state index in [-0.39, 0.29) is 12.2 Å². The Morgan fingerprint density at radius 2 is 1.72 bits per heavy atom. The van der Waals surface area contributed by atoms with Gasteiger partial charge in [-0.3, -0.25) is 9.36 Å². The van der Waals surface area contributed by atoms with E-state index in [1.54, 1.807) is 38.7 Å². The van der Waals surface area contributed by atoms with Gasteiger partial charge in [-0.05, 0) is 60.0 Å². The average Bonchev–Trinajstić information content (AvgIpc) is 3.37. The second kappa shape index (κ2) is 13.4. The lowest BCUT2D eigenvalue weighted by atomic mass is 9.90. The van der Waals surface area contributed by atoms with Crippen molar-refractivity contribution in [2.45, 2.75) is 26.5 Å². The van der Waals surface area contributed by atoms with Crippen molar-refractivity contribution >= 4 is 50.1 Å². The maximum absolute atomic E-state index is 14.4. The van der Waals surface area contributed by atoms with E-state index in [2.05, 4.69) is 15.9 Å². The molecule has 1 atom stereocenters. The molecule has 5 aromatic rings. The van der Waals surface area contributed by atoms with Gasteiger partial charge in [-0.15, -0.1) is 0 Å². The number of carbonyl (C=O) groups is 1. The van der Waals surface area contributed by atoms with Crippen LogP contribution in [-0.4, -0.2) is 31.4 Å². The van der Waals surface area contributed by atoms with E-state index in [4.69, 9.17) is 23.9 Å². The third-order valence-corrected chi connectivity index (χ3v) is 9.42. The predicted octanol–water partition coefficient (Wildman–Crippen LogP) is 6.31. The van der Waals surface area contributed by atoms with Crippen LogP contribution in [0.1, 0.15) is 36.6 Å². The number of rotatable bonds is 9. The van der Waals surface area contributed by atoms with Crippen molar-refractivity contribution in [3.63, 3.8) is 0 Å². The lowest BCUT2D eigenvalue weighted by Gasteiger charge is -2.27. The van der Waals surface area contributed by atoms with Crippen LogP contribution >= 0.6 is 27.3 Å². The first-order chi connectivity index (χ1) is 22.3. The van der Waals surface area contributed by atoms with Crippen LogP contribution < -0.4 is 29.1 Å². The third-order valence-electron chi connectivity index (χ3n) is 7.75. The number of hydrogen-bond donors (Lipinski definition) is 0. The summed E-state index contributed by atoms with van der Waals surface area (Å²) in [6, 6.07) is 24.3. The molecule has 0 bridgehead atoms. The zero-order valence-electron chi connectivity index (χ0n) is 25.7. The van der Waals surface area contributed by atoms with Gasteiger partial charge in [-0.25, -0.2) is 9.79 Å². The third kappa shape index (κ3) is 5.86. The highest BCUT2D eigenvalue weighted by Crippen LogP contribution is 2.40. The number of methoxy groups -OCH3 is 2. The molecule has 4 aromatic carbocycles. The summed E-state index contributed by atoms with van der Waals surface area (Å²) in [7, 11) is 3.16. The monoisotopic (exact) mass is 698 g/mol. The molecule has 0 spiro atoms. The molecule has 1 aliphatic rings. The molecule has 6 rings (SSSR count). The molecule has 1 aliphatic heterocycles. The van der Waals surface area contributed by atoms with Gasteiger partial charge in [-0.2, -0.15) is 0 Å². The number of benzene rings is 4. The first-order valence-electron chi connectivity index (χ1n) is 14.6. The zero-order valence-corrected chi connectivity index (χ0v) is 28.1. The Balaban J connectivity index is 1.51. The molecule has 46 heavy (non-hydrogen) atoms. The first kappa shape index (κ1) is 31.3. The lowest BCUT2D eigenvalue weighted by Crippen LogP contribution is -2.40. The van der Waals surface area contributed by atoms with Gasteiger partial charge in [0.25, 0.3) is 5.56 Å². The summed E-state index contributed by atoms with van der Waals surface area (Å²) in [5.74, 6) is 1.11. The summed E-state index contributed by atoms with van der Waals surface area (Å²) in [5.41, 5.74) is 2.91. The predicted molar refractivity (Wildman–Crippen MR) is 182 cm³/mol. The number of allylic oxidation sites excluding steroid dienone is 1. The molecule has 0 N–H and O–H groups in total. The molecule has 0 saturated carbocycles. The van der Waals surface area contributed by atoms with Crippen LogP contribution in [0, 0.1) is 0 Å². The number of halogens is 1. The first-order valence-corrected chi connectivity index (χ1v) is 16.2. The zero-order chi connectivity index (χ0) is 32.4. The van der Waals surface area contributed by atoms with Crippen molar-refractivity contribution in [2.75, 3.05) is 20.8 Å². The highest BCUT2D eigenvalue weighted by atomic mass is 79.9. The van der Waals surface area contributed by atoms with Crippen molar-refractivity contribution in [2.24, 2.45) is 4.99 Å². The van der Waals surface area contributed by atoms with Gasteiger partial charge in [0.2, 0.25) is 0 Å². The van der Waals surface area contributed by atoms with Gasteiger partial charge < -0.3 is 18.9 Å². The lowest BCUT2D eigenvalue weighted by molar-refractivity contribution is -0.139. The quantitative estimate of drug-likeness (QED) is 0.168. The van der Waals surface area contributed by atoms with Gasteiger partial charge in [0, 0.05) is 10.0 Å². The van der Waals surface area contributed by atoms with Crippen molar-refractivity contribution in [3.8, 4) is 17.2 Å². The highest BCUT2D eigenvalue weighted by Gasteiger charge is 2.36. The summed E-state index contributed by atoms with van der Waals surface area (Å²) >= 11 is 4.91. The van der Waals surface area contributed by atoms with Gasteiger partial charge in [0.15, 0.2) is 16.3 Å². The number of aromatic nitrogens is 1. The van der Waals surface area contributed by atoms with Crippen LogP contribution in [0.25, 0.3) is 16.8 Å². The van der Waals surface area contributed by atoms with Crippen molar-refractivity contribution < 1.29 is 23.7 Å². The fourth-order valence-corrected chi connectivity index (χ4v) is 7.08. The standard InChI is InChI=1S/C36H31BrN2O6S/c1-5-44-35(41)31-21(2)38-36-39(33(31)32-25-14-10-9-13-23(25)15-16-27(32)42-3)34(40)30(46-36)18-24-17-28(43-4)29(19-26(24)37)45-20-22-11-7-6-8-12-22/h6-19,33H,5,20H2,1-4H3/b30-18-/t33-/m1/s1. The van der Waals surface area contributed by atoms with Crippen LogP contribution in [0.3, 0.4) is 0 Å². The minimum absolute atomic E-state index is 0.181. The number of esters is 1. The maximum atomic E-state index is 14.4. The van der Waals surface area contributed by atoms with E-state index in [0.717, 1.165) is 26.4 Å². The Morgan fingerprint density at radius 3 is 2.46 bits per heavy atom. The topological polar surface area (TPSA) is 88.4 Å². The SMILES string of the molecule is CCOC(=O)C1=C(C)N=c2s/c(=C\c3cc(OC)c(OCc4ccccc4)cc3Br)c(=O)n2[C@H]1c1c(OC)ccc2ccccc12. The molecular weight excluding hydrogens is 668 g/mol. The summed E-state index contributed by atoms with van der Waals surface area (Å²) in [6.45, 7) is 4.08. The molecule has 234 valence electrons. The largest absolute Gasteiger partial charge is 0.496 e. The van der Waals surface area contributed by atoms with Crippen LogP contribution in [0.4, 0.5) is 0 Å². The number of carbonyl (C=O) groups excluding carboxylic acids is 1. The fraction of sp³-hybridized carbons (Fsp3) is 0.194. The van der Waals surface area contributed by atoms with Crippen LogP contribution in [-0.2, 0) is 16.1 Å². The Labute approximate surface area is 278 Å². The second-order valence-electron chi connectivity index (χ2n) is 10.5. The molecule has 2 heterocycles. The average molecular weight is 700 g/mol. The molecule has 1 aromatic heterocycles. The maximum Gasteiger partial charge on any atom is 0.338 e. The van der Waals surface area contributed by atoms with E-state index in [1.807, 2.05) is 78.9 Å². The summed E-state index contributed by atoms with van der Waals surface area (Å²) in [4.78, 5) is 33.1. The van der Waals surface area contributed by atoms with E-state index in [1.165, 1.54) is 11.3 Å². The summed E-state index contributed by atoms with van der Waals surface area (Å²) in [6.07, 6.45) is 1.79. The van der Waals surface area contributed by atoms with E-state index in [9.17, 15) is 9.59 Å². The minimum atomic E-state index is -0.828. The molecule has 0 amide bonds. The van der Waals surface area contributed by atoms with Crippen LogP contribution in [0.5, 0.6) is 17.2 Å². The molecule has 8 nitrogen and oxygen atoms in total. The number of fused-ring (bicyclic) bond motifs is 2. The Bertz CT molecular complexity index is 2170. The van der Waals surface area contributed by atoms with E-state index in [0.29, 0.717) is 50.0 Å². The van der Waals surface area contributed by atoms with Gasteiger partial charge >= 0.3 is 5.97 Å². The molecule has 0 fully saturated rings. The fourth-order valence-electron chi connectivity index (χ4n) is 5.61. The van der Waals surface area contributed by atoms with Gasteiger partial charge in [-0.1, -0.05) is 87.9 Å². The second-order valence-corrected chi connectivity index (χ2v) is 12.4. The van der Waals surface area contributed by atoms with Crippen molar-refractivity contribution in [1.82, 2.24) is 4.57 Å². The normalized spacial score (nSPS) is 14.5. The number of thiazole rings is 1. The molecular formula is C36H31BrN2O6S. The van der Waals surface area contributed by atoms with E-state index >= 15 is 0 Å². The molecule has 0 unspecified atom stereocenters. The van der Waals surface area contributed by atoms with E-state index < -0.39 is 12.0 Å². The number of nitrogens with zero attached hydrogens (tertiary/aromatic N) is 2. The highest BCUT2D eigenvalue weighted by molar-refractivity contribution is 9.10. The smallest absolute Gasteiger partial charge is 0.338 e. The van der Waals surface area contributed by atoms with Crippen LogP contribution in [0.2, 0.25) is 0 Å². The Kier molecular flexibility index (Phi) is 9.10. The number of ether oxygens (including phenoxy) is 4. The molecule has 0 saturated heterocycles. The molecule has 0 radical (unpaired) electrons.